The molecule has 27 heavy (non-hydrogen) atoms. The number of hydrogen-bond donors (Lipinski definition) is 2. The van der Waals surface area contributed by atoms with Crippen molar-refractivity contribution < 1.29 is 22.0 Å². The number of halogens is 2. The third-order valence-corrected chi connectivity index (χ3v) is 4.92. The number of hydrogen-bond acceptors (Lipinski definition) is 5. The van der Waals surface area contributed by atoms with Gasteiger partial charge in [-0.05, 0) is 24.3 Å². The number of sulfonamides is 1. The van der Waals surface area contributed by atoms with E-state index in [0.717, 1.165) is 10.7 Å². The van der Waals surface area contributed by atoms with E-state index in [9.17, 15) is 26.8 Å². The minimum absolute atomic E-state index is 0.203. The van der Waals surface area contributed by atoms with Crippen molar-refractivity contribution in [2.75, 3.05) is 0 Å². The molecule has 0 saturated carbocycles. The molecular weight excluding hydrogens is 382 g/mol. The summed E-state index contributed by atoms with van der Waals surface area (Å²) in [4.78, 5) is 25.1. The fraction of sp³-hybridized carbons (Fsp3) is 0.0625. The van der Waals surface area contributed by atoms with Crippen molar-refractivity contribution >= 4 is 26.7 Å². The van der Waals surface area contributed by atoms with Gasteiger partial charge in [-0.3, -0.25) is 15.0 Å². The number of hydrazine groups is 1. The molecule has 0 fully saturated rings. The van der Waals surface area contributed by atoms with E-state index in [1.165, 1.54) is 19.2 Å². The number of carbonyl (C=O) groups excluding carboxylic acids is 1. The standard InChI is InChI=1S/C16H12F2N4O4S/c1-22-16(24)11-5-3-2-4-10(11)14(20-22)15(23)19-21-27(25,26)13-8-9(17)6-7-12(13)18/h2-8,21H,1H3,(H,19,23). The van der Waals surface area contributed by atoms with Gasteiger partial charge in [0.25, 0.3) is 21.5 Å². The van der Waals surface area contributed by atoms with Crippen molar-refractivity contribution in [3.8, 4) is 0 Å². The maximum absolute atomic E-state index is 13.7. The van der Waals surface area contributed by atoms with Crippen LogP contribution in [0.25, 0.3) is 10.8 Å². The number of nitrogens with zero attached hydrogens (tertiary/aromatic N) is 2. The zero-order chi connectivity index (χ0) is 19.8. The first-order valence-corrected chi connectivity index (χ1v) is 8.92. The van der Waals surface area contributed by atoms with E-state index in [-0.39, 0.29) is 16.5 Å². The molecule has 2 aromatic carbocycles. The second-order valence-corrected chi connectivity index (χ2v) is 7.11. The molecule has 0 bridgehead atoms. The summed E-state index contributed by atoms with van der Waals surface area (Å²) in [6.45, 7) is 0. The molecular formula is C16H12F2N4O4S. The molecule has 140 valence electrons. The highest BCUT2D eigenvalue weighted by atomic mass is 32.2. The minimum atomic E-state index is -4.58. The van der Waals surface area contributed by atoms with E-state index in [0.29, 0.717) is 12.1 Å². The lowest BCUT2D eigenvalue weighted by molar-refractivity contribution is 0.0939. The van der Waals surface area contributed by atoms with Crippen molar-refractivity contribution in [3.05, 3.63) is 70.1 Å². The van der Waals surface area contributed by atoms with Crippen LogP contribution in [0.15, 0.2) is 52.2 Å². The van der Waals surface area contributed by atoms with E-state index in [1.807, 2.05) is 5.43 Å². The van der Waals surface area contributed by atoms with Crippen molar-refractivity contribution in [1.82, 2.24) is 20.0 Å². The normalized spacial score (nSPS) is 11.5. The first kappa shape index (κ1) is 18.6. The van der Waals surface area contributed by atoms with E-state index < -0.39 is 38.0 Å². The van der Waals surface area contributed by atoms with Crippen LogP contribution in [-0.4, -0.2) is 24.1 Å². The summed E-state index contributed by atoms with van der Waals surface area (Å²) >= 11 is 0. The van der Waals surface area contributed by atoms with Gasteiger partial charge in [0.05, 0.1) is 5.39 Å². The van der Waals surface area contributed by atoms with E-state index >= 15 is 0 Å². The lowest BCUT2D eigenvalue weighted by Crippen LogP contribution is -2.42. The molecule has 2 N–H and O–H groups in total. The molecule has 1 aromatic heterocycles. The number of rotatable bonds is 4. The molecule has 0 aliphatic heterocycles. The summed E-state index contributed by atoms with van der Waals surface area (Å²) in [5, 5.41) is 4.24. The van der Waals surface area contributed by atoms with Crippen LogP contribution in [0.4, 0.5) is 8.78 Å². The van der Waals surface area contributed by atoms with Crippen LogP contribution in [-0.2, 0) is 17.1 Å². The lowest BCUT2D eigenvalue weighted by atomic mass is 10.1. The average Bonchev–Trinajstić information content (AvgIpc) is 2.64. The second kappa shape index (κ2) is 6.85. The number of fused-ring (bicyclic) bond motifs is 1. The lowest BCUT2D eigenvalue weighted by Gasteiger charge is -2.11. The Hall–Kier alpha value is -3.18. The Balaban J connectivity index is 1.93. The highest BCUT2D eigenvalue weighted by Gasteiger charge is 2.22. The summed E-state index contributed by atoms with van der Waals surface area (Å²) in [6, 6.07) is 8.01. The SMILES string of the molecule is Cn1nc(C(=O)NNS(=O)(=O)c2cc(F)ccc2F)c2ccccc2c1=O. The first-order chi connectivity index (χ1) is 12.7. The molecule has 0 aliphatic carbocycles. The summed E-state index contributed by atoms with van der Waals surface area (Å²) in [5.41, 5.74) is 1.21. The van der Waals surface area contributed by atoms with Gasteiger partial charge in [-0.25, -0.2) is 21.9 Å². The molecule has 0 unspecified atom stereocenters. The van der Waals surface area contributed by atoms with Gasteiger partial charge in [0.2, 0.25) is 0 Å². The number of aromatic nitrogens is 2. The summed E-state index contributed by atoms with van der Waals surface area (Å²) < 4.78 is 52.0. The van der Waals surface area contributed by atoms with Crippen LogP contribution in [0, 0.1) is 11.6 Å². The molecule has 3 rings (SSSR count). The highest BCUT2D eigenvalue weighted by molar-refractivity contribution is 7.89. The van der Waals surface area contributed by atoms with E-state index in [1.54, 1.807) is 17.0 Å². The van der Waals surface area contributed by atoms with Gasteiger partial charge in [-0.1, -0.05) is 18.2 Å². The zero-order valence-electron chi connectivity index (χ0n) is 13.7. The quantitative estimate of drug-likeness (QED) is 0.637. The maximum Gasteiger partial charge on any atom is 0.287 e. The van der Waals surface area contributed by atoms with Crippen LogP contribution in [0.2, 0.25) is 0 Å². The predicted octanol–water partition coefficient (Wildman–Crippen LogP) is 0.835. The Morgan fingerprint density at radius 2 is 1.78 bits per heavy atom. The maximum atomic E-state index is 13.7. The van der Waals surface area contributed by atoms with Gasteiger partial charge in [-0.2, -0.15) is 5.10 Å². The Morgan fingerprint density at radius 1 is 1.11 bits per heavy atom. The summed E-state index contributed by atoms with van der Waals surface area (Å²) in [6.07, 6.45) is 0. The fourth-order valence-corrected chi connectivity index (χ4v) is 3.31. The van der Waals surface area contributed by atoms with Crippen molar-refractivity contribution in [2.45, 2.75) is 4.90 Å². The van der Waals surface area contributed by atoms with Crippen LogP contribution < -0.4 is 15.8 Å². The summed E-state index contributed by atoms with van der Waals surface area (Å²) in [7, 11) is -3.25. The molecule has 1 heterocycles. The molecule has 0 atom stereocenters. The van der Waals surface area contributed by atoms with Gasteiger partial charge >= 0.3 is 0 Å². The average molecular weight is 394 g/mol. The van der Waals surface area contributed by atoms with Crippen molar-refractivity contribution in [3.63, 3.8) is 0 Å². The monoisotopic (exact) mass is 394 g/mol. The second-order valence-electron chi connectivity index (χ2n) is 5.46. The number of aryl methyl sites for hydroxylation is 1. The zero-order valence-corrected chi connectivity index (χ0v) is 14.5. The molecule has 0 radical (unpaired) electrons. The first-order valence-electron chi connectivity index (χ1n) is 7.44. The number of carbonyl (C=O) groups is 1. The molecule has 8 nitrogen and oxygen atoms in total. The van der Waals surface area contributed by atoms with Crippen molar-refractivity contribution in [2.24, 2.45) is 7.05 Å². The molecule has 11 heteroatoms. The molecule has 1 amide bonds. The van der Waals surface area contributed by atoms with Gasteiger partial charge < -0.3 is 0 Å². The Morgan fingerprint density at radius 3 is 2.48 bits per heavy atom. The Bertz CT molecular complexity index is 1220. The highest BCUT2D eigenvalue weighted by Crippen LogP contribution is 2.16. The number of benzene rings is 2. The largest absolute Gasteiger partial charge is 0.287 e. The molecule has 0 saturated heterocycles. The van der Waals surface area contributed by atoms with Crippen LogP contribution in [0.5, 0.6) is 0 Å². The smallest absolute Gasteiger partial charge is 0.272 e. The molecule has 0 spiro atoms. The van der Waals surface area contributed by atoms with Crippen LogP contribution in [0.3, 0.4) is 0 Å². The van der Waals surface area contributed by atoms with Crippen molar-refractivity contribution in [1.29, 1.82) is 0 Å². The fourth-order valence-electron chi connectivity index (χ4n) is 2.38. The third-order valence-electron chi connectivity index (χ3n) is 3.65. The van der Waals surface area contributed by atoms with E-state index in [4.69, 9.17) is 0 Å². The Labute approximate surface area is 151 Å². The number of nitrogens with one attached hydrogen (secondary N) is 2. The van der Waals surface area contributed by atoms with Gasteiger partial charge in [0, 0.05) is 12.4 Å². The molecule has 3 aromatic rings. The van der Waals surface area contributed by atoms with Gasteiger partial charge in [-0.15, -0.1) is 4.83 Å². The topological polar surface area (TPSA) is 110 Å². The predicted molar refractivity (Wildman–Crippen MR) is 91.1 cm³/mol. The van der Waals surface area contributed by atoms with Gasteiger partial charge in [0.1, 0.15) is 16.5 Å². The van der Waals surface area contributed by atoms with Crippen LogP contribution >= 0.6 is 0 Å². The van der Waals surface area contributed by atoms with E-state index in [2.05, 4.69) is 5.10 Å². The van der Waals surface area contributed by atoms with Crippen LogP contribution in [0.1, 0.15) is 10.5 Å². The molecule has 0 aliphatic rings. The summed E-state index contributed by atoms with van der Waals surface area (Å²) in [5.74, 6) is -3.14. The minimum Gasteiger partial charge on any atom is -0.272 e. The number of amides is 1. The van der Waals surface area contributed by atoms with Gasteiger partial charge in [0.15, 0.2) is 5.69 Å². The third kappa shape index (κ3) is 3.55. The Kier molecular flexibility index (Phi) is 4.72.